The fourth-order valence-corrected chi connectivity index (χ4v) is 3.08. The molecule has 1 saturated heterocycles. The van der Waals surface area contributed by atoms with E-state index in [9.17, 15) is 18.0 Å². The molecule has 132 valence electrons. The summed E-state index contributed by atoms with van der Waals surface area (Å²) in [6.45, 7) is 0.925. The largest absolute Gasteiger partial charge is 0.493 e. The van der Waals surface area contributed by atoms with E-state index in [1.807, 2.05) is 24.3 Å². The fraction of sp³-hybridized carbons (Fsp3) is 0.588. The number of carbonyl (C=O) groups excluding carboxylic acids is 1. The molecular weight excluding hydrogens is 321 g/mol. The Morgan fingerprint density at radius 2 is 1.88 bits per heavy atom. The predicted molar refractivity (Wildman–Crippen MR) is 82.2 cm³/mol. The van der Waals surface area contributed by atoms with Crippen molar-refractivity contribution in [3.05, 3.63) is 29.8 Å². The molecule has 1 aromatic carbocycles. The van der Waals surface area contributed by atoms with E-state index in [-0.39, 0.29) is 13.1 Å². The van der Waals surface area contributed by atoms with Gasteiger partial charge < -0.3 is 10.5 Å². The Morgan fingerprint density at radius 1 is 1.21 bits per heavy atom. The summed E-state index contributed by atoms with van der Waals surface area (Å²) in [5.74, 6) is -2.31. The predicted octanol–water partition coefficient (Wildman–Crippen LogP) is 2.57. The number of hydrogen-bond donors (Lipinski definition) is 1. The van der Waals surface area contributed by atoms with Crippen molar-refractivity contribution in [2.45, 2.75) is 25.6 Å². The Bertz CT molecular complexity index is 584. The highest BCUT2D eigenvalue weighted by molar-refractivity contribution is 5.77. The van der Waals surface area contributed by atoms with E-state index in [4.69, 9.17) is 10.5 Å². The minimum Gasteiger partial charge on any atom is -0.493 e. The highest BCUT2D eigenvalue weighted by atomic mass is 19.4. The van der Waals surface area contributed by atoms with E-state index in [1.54, 1.807) is 4.90 Å². The van der Waals surface area contributed by atoms with Crippen LogP contribution in [0.1, 0.15) is 18.4 Å². The van der Waals surface area contributed by atoms with Crippen LogP contribution in [-0.2, 0) is 11.3 Å². The number of rotatable bonds is 6. The van der Waals surface area contributed by atoms with Gasteiger partial charge in [0.15, 0.2) is 0 Å². The standard InChI is InChI=1S/C17H21F3N2O2/c18-17(19,20)15-9-22(8-14(15)16(21)23)7-11-3-5-13(6-4-11)24-10-12-1-2-12/h3-6,12,14-15H,1-2,7-10H2,(H2,21,23)/t14-,15-/m1/s1. The van der Waals surface area contributed by atoms with Gasteiger partial charge in [-0.05, 0) is 36.5 Å². The van der Waals surface area contributed by atoms with Crippen molar-refractivity contribution in [1.82, 2.24) is 4.90 Å². The molecule has 0 bridgehead atoms. The molecule has 1 aliphatic heterocycles. The van der Waals surface area contributed by atoms with Crippen LogP contribution < -0.4 is 10.5 Å². The highest BCUT2D eigenvalue weighted by Gasteiger charge is 2.51. The van der Waals surface area contributed by atoms with Crippen LogP contribution in [0.3, 0.4) is 0 Å². The molecule has 1 aromatic rings. The number of ether oxygens (including phenoxy) is 1. The third-order valence-corrected chi connectivity index (χ3v) is 4.69. The van der Waals surface area contributed by atoms with Gasteiger partial charge in [-0.1, -0.05) is 12.1 Å². The van der Waals surface area contributed by atoms with Crippen LogP contribution in [0, 0.1) is 17.8 Å². The molecule has 1 aliphatic carbocycles. The van der Waals surface area contributed by atoms with Gasteiger partial charge in [0.1, 0.15) is 5.75 Å². The van der Waals surface area contributed by atoms with Crippen molar-refractivity contribution in [2.75, 3.05) is 19.7 Å². The fourth-order valence-electron chi connectivity index (χ4n) is 3.08. The van der Waals surface area contributed by atoms with Crippen LogP contribution in [0.4, 0.5) is 13.2 Å². The van der Waals surface area contributed by atoms with Gasteiger partial charge in [0.05, 0.1) is 18.4 Å². The molecule has 1 heterocycles. The van der Waals surface area contributed by atoms with E-state index < -0.39 is 23.9 Å². The van der Waals surface area contributed by atoms with Crippen molar-refractivity contribution in [3.8, 4) is 5.75 Å². The first kappa shape index (κ1) is 17.1. The zero-order chi connectivity index (χ0) is 17.3. The van der Waals surface area contributed by atoms with E-state index >= 15 is 0 Å². The third-order valence-electron chi connectivity index (χ3n) is 4.69. The average Bonchev–Trinajstić information content (AvgIpc) is 3.23. The first-order chi connectivity index (χ1) is 11.3. The zero-order valence-corrected chi connectivity index (χ0v) is 13.3. The van der Waals surface area contributed by atoms with E-state index in [0.717, 1.165) is 17.9 Å². The second kappa shape index (κ2) is 6.63. The van der Waals surface area contributed by atoms with Gasteiger partial charge in [-0.15, -0.1) is 0 Å². The number of hydrogen-bond acceptors (Lipinski definition) is 3. The summed E-state index contributed by atoms with van der Waals surface area (Å²) in [4.78, 5) is 12.9. The number of primary amides is 1. The monoisotopic (exact) mass is 342 g/mol. The highest BCUT2D eigenvalue weighted by Crippen LogP contribution is 2.38. The number of nitrogens with two attached hydrogens (primary N) is 1. The number of nitrogens with zero attached hydrogens (tertiary/aromatic N) is 1. The first-order valence-electron chi connectivity index (χ1n) is 8.13. The third kappa shape index (κ3) is 4.20. The quantitative estimate of drug-likeness (QED) is 0.864. The van der Waals surface area contributed by atoms with E-state index in [1.165, 1.54) is 12.8 Å². The summed E-state index contributed by atoms with van der Waals surface area (Å²) in [6, 6.07) is 7.37. The molecule has 2 aliphatic rings. The van der Waals surface area contributed by atoms with Gasteiger partial charge in [-0.2, -0.15) is 13.2 Å². The Labute approximate surface area is 138 Å². The van der Waals surface area contributed by atoms with Crippen LogP contribution in [0.2, 0.25) is 0 Å². The van der Waals surface area contributed by atoms with Gasteiger partial charge in [-0.3, -0.25) is 9.69 Å². The second-order valence-electron chi connectivity index (χ2n) is 6.75. The summed E-state index contributed by atoms with van der Waals surface area (Å²) in [7, 11) is 0. The molecule has 3 rings (SSSR count). The lowest BCUT2D eigenvalue weighted by Gasteiger charge is -2.19. The van der Waals surface area contributed by atoms with E-state index in [2.05, 4.69) is 0 Å². The number of benzene rings is 1. The van der Waals surface area contributed by atoms with Crippen molar-refractivity contribution < 1.29 is 22.7 Å². The maximum atomic E-state index is 13.0. The number of likely N-dealkylation sites (tertiary alicyclic amines) is 1. The van der Waals surface area contributed by atoms with Crippen molar-refractivity contribution in [1.29, 1.82) is 0 Å². The molecule has 24 heavy (non-hydrogen) atoms. The number of halogens is 3. The summed E-state index contributed by atoms with van der Waals surface area (Å²) in [5.41, 5.74) is 6.03. The molecule has 0 aromatic heterocycles. The van der Waals surface area contributed by atoms with Gasteiger partial charge in [0.2, 0.25) is 5.91 Å². The molecule has 0 radical (unpaired) electrons. The minimum absolute atomic E-state index is 0.0411. The van der Waals surface area contributed by atoms with Crippen molar-refractivity contribution in [2.24, 2.45) is 23.5 Å². The van der Waals surface area contributed by atoms with Gasteiger partial charge >= 0.3 is 6.18 Å². The summed E-state index contributed by atoms with van der Waals surface area (Å²) >= 11 is 0. The van der Waals surface area contributed by atoms with Crippen LogP contribution in [0.5, 0.6) is 5.75 Å². The van der Waals surface area contributed by atoms with Gasteiger partial charge in [0, 0.05) is 19.6 Å². The van der Waals surface area contributed by atoms with Crippen LogP contribution in [0.15, 0.2) is 24.3 Å². The molecule has 7 heteroatoms. The molecule has 1 saturated carbocycles. The molecule has 0 spiro atoms. The lowest BCUT2D eigenvalue weighted by Crippen LogP contribution is -2.37. The van der Waals surface area contributed by atoms with Crippen LogP contribution in [0.25, 0.3) is 0 Å². The van der Waals surface area contributed by atoms with Crippen molar-refractivity contribution in [3.63, 3.8) is 0 Å². The molecule has 4 nitrogen and oxygen atoms in total. The van der Waals surface area contributed by atoms with Crippen LogP contribution >= 0.6 is 0 Å². The smallest absolute Gasteiger partial charge is 0.393 e. The topological polar surface area (TPSA) is 55.6 Å². The van der Waals surface area contributed by atoms with Gasteiger partial charge in [0.25, 0.3) is 0 Å². The maximum Gasteiger partial charge on any atom is 0.393 e. The Morgan fingerprint density at radius 3 is 2.38 bits per heavy atom. The van der Waals surface area contributed by atoms with E-state index in [0.29, 0.717) is 12.5 Å². The Kier molecular flexibility index (Phi) is 4.71. The van der Waals surface area contributed by atoms with Gasteiger partial charge in [-0.25, -0.2) is 0 Å². The molecule has 2 atom stereocenters. The number of carbonyl (C=O) groups is 1. The molecule has 2 fully saturated rings. The lowest BCUT2D eigenvalue weighted by atomic mass is 9.95. The normalized spacial score (nSPS) is 25.0. The number of alkyl halides is 3. The summed E-state index contributed by atoms with van der Waals surface area (Å²) in [6.07, 6.45) is -1.97. The molecule has 1 amide bonds. The summed E-state index contributed by atoms with van der Waals surface area (Å²) < 4.78 is 44.8. The Hall–Kier alpha value is -1.76. The molecular formula is C17H21F3N2O2. The summed E-state index contributed by atoms with van der Waals surface area (Å²) in [5, 5.41) is 0. The van der Waals surface area contributed by atoms with Crippen molar-refractivity contribution >= 4 is 5.91 Å². The molecule has 2 N–H and O–H groups in total. The van der Waals surface area contributed by atoms with Crippen LogP contribution in [-0.4, -0.2) is 36.7 Å². The average molecular weight is 342 g/mol. The number of amides is 1. The minimum atomic E-state index is -4.41. The molecule has 0 unspecified atom stereocenters. The zero-order valence-electron chi connectivity index (χ0n) is 13.3. The maximum absolute atomic E-state index is 13.0. The lowest BCUT2D eigenvalue weighted by molar-refractivity contribution is -0.182. The first-order valence-corrected chi connectivity index (χ1v) is 8.13. The SMILES string of the molecule is NC(=O)[C@@H]1CN(Cc2ccc(OCC3CC3)cc2)C[C@H]1C(F)(F)F. The second-order valence-corrected chi connectivity index (χ2v) is 6.75. The Balaban J connectivity index is 1.58.